The molecule has 1 saturated heterocycles. The summed E-state index contributed by atoms with van der Waals surface area (Å²) < 4.78 is 18.4. The lowest BCUT2D eigenvalue weighted by Gasteiger charge is -2.62. The van der Waals surface area contributed by atoms with Crippen LogP contribution in [0.25, 0.3) is 0 Å². The molecule has 6 heteroatoms. The van der Waals surface area contributed by atoms with Gasteiger partial charge in [0, 0.05) is 21.1 Å². The van der Waals surface area contributed by atoms with E-state index in [2.05, 4.69) is 62.2 Å². The van der Waals surface area contributed by atoms with Crippen LogP contribution in [0.2, 0.25) is 0 Å². The highest BCUT2D eigenvalue weighted by atomic mass is 32.2. The molecule has 0 spiro atoms. The molecule has 0 radical (unpaired) electrons. The van der Waals surface area contributed by atoms with Crippen LogP contribution in [0, 0.1) is 22.7 Å². The predicted molar refractivity (Wildman–Crippen MR) is 148 cm³/mol. The number of carbonyl (C=O) groups excluding carboxylic acids is 1. The van der Waals surface area contributed by atoms with Crippen LogP contribution < -0.4 is 0 Å². The summed E-state index contributed by atoms with van der Waals surface area (Å²) in [5.41, 5.74) is 2.20. The number of fused-ring (bicyclic) bond motifs is 3. The Bertz CT molecular complexity index is 1180. The third kappa shape index (κ3) is 4.54. The summed E-state index contributed by atoms with van der Waals surface area (Å²) in [6.07, 6.45) is 7.10. The second-order valence-electron chi connectivity index (χ2n) is 11.5. The van der Waals surface area contributed by atoms with Gasteiger partial charge in [-0.2, -0.15) is 0 Å². The van der Waals surface area contributed by atoms with Gasteiger partial charge in [-0.15, -0.1) is 23.1 Å². The van der Waals surface area contributed by atoms with Crippen molar-refractivity contribution in [1.82, 2.24) is 0 Å². The minimum atomic E-state index is -0.247. The number of thioether (sulfide) groups is 1. The molecule has 0 bridgehead atoms. The molecule has 7 unspecified atom stereocenters. The number of rotatable bonds is 6. The van der Waals surface area contributed by atoms with E-state index in [-0.39, 0.29) is 34.4 Å². The first-order valence-electron chi connectivity index (χ1n) is 13.5. The fraction of sp³-hybridized carbons (Fsp3) is 0.516. The predicted octanol–water partition coefficient (Wildman–Crippen LogP) is 7.59. The van der Waals surface area contributed by atoms with Crippen LogP contribution in [-0.2, 0) is 19.0 Å². The number of benzene rings is 1. The van der Waals surface area contributed by atoms with Crippen molar-refractivity contribution < 1.29 is 19.0 Å². The zero-order valence-corrected chi connectivity index (χ0v) is 23.3. The molecule has 2 saturated carbocycles. The average molecular weight is 537 g/mol. The molecule has 2 aliphatic carbocycles. The van der Waals surface area contributed by atoms with E-state index in [4.69, 9.17) is 14.2 Å². The Morgan fingerprint density at radius 2 is 1.97 bits per heavy atom. The minimum Gasteiger partial charge on any atom is -0.458 e. The molecule has 1 aromatic heterocycles. The van der Waals surface area contributed by atoms with Gasteiger partial charge in [0.05, 0.1) is 17.6 Å². The second kappa shape index (κ2) is 10.0. The van der Waals surface area contributed by atoms with Crippen LogP contribution in [0.1, 0.15) is 57.1 Å². The largest absolute Gasteiger partial charge is 0.458 e. The highest BCUT2D eigenvalue weighted by Crippen LogP contribution is 2.64. The first-order valence-corrected chi connectivity index (χ1v) is 15.2. The van der Waals surface area contributed by atoms with E-state index in [0.29, 0.717) is 18.4 Å². The number of esters is 1. The maximum absolute atomic E-state index is 12.7. The van der Waals surface area contributed by atoms with E-state index in [9.17, 15) is 4.79 Å². The van der Waals surface area contributed by atoms with Crippen molar-refractivity contribution in [1.29, 1.82) is 0 Å². The second-order valence-corrected chi connectivity index (χ2v) is 13.8. The fourth-order valence-corrected chi connectivity index (χ4v) is 9.55. The van der Waals surface area contributed by atoms with E-state index >= 15 is 0 Å². The van der Waals surface area contributed by atoms with Gasteiger partial charge >= 0.3 is 5.97 Å². The van der Waals surface area contributed by atoms with Gasteiger partial charge in [-0.3, -0.25) is 0 Å². The number of hydrogen-bond acceptors (Lipinski definition) is 6. The topological polar surface area (TPSA) is 44.8 Å². The monoisotopic (exact) mass is 536 g/mol. The molecule has 7 atom stereocenters. The van der Waals surface area contributed by atoms with Crippen molar-refractivity contribution >= 4 is 29.1 Å². The van der Waals surface area contributed by atoms with E-state index in [1.54, 1.807) is 23.1 Å². The summed E-state index contributed by atoms with van der Waals surface area (Å²) in [5, 5.41) is 2.13. The lowest BCUT2D eigenvalue weighted by molar-refractivity contribution is -0.306. The van der Waals surface area contributed by atoms with Crippen LogP contribution >= 0.6 is 23.1 Å². The van der Waals surface area contributed by atoms with Gasteiger partial charge in [0.25, 0.3) is 0 Å². The Hall–Kier alpha value is -1.86. The van der Waals surface area contributed by atoms with Gasteiger partial charge in [0.2, 0.25) is 0 Å². The van der Waals surface area contributed by atoms with Crippen LogP contribution in [0.15, 0.2) is 76.5 Å². The normalized spacial score (nSPS) is 36.3. The average Bonchev–Trinajstić information content (AvgIpc) is 3.58. The third-order valence-electron chi connectivity index (χ3n) is 9.50. The third-order valence-corrected chi connectivity index (χ3v) is 11.7. The Morgan fingerprint density at radius 1 is 1.14 bits per heavy atom. The maximum Gasteiger partial charge on any atom is 0.335 e. The van der Waals surface area contributed by atoms with Gasteiger partial charge in [-0.25, -0.2) is 4.79 Å². The summed E-state index contributed by atoms with van der Waals surface area (Å²) in [4.78, 5) is 15.0. The van der Waals surface area contributed by atoms with E-state index in [1.165, 1.54) is 10.5 Å². The number of ether oxygens (including phenoxy) is 3. The molecule has 4 nitrogen and oxygen atoms in total. The van der Waals surface area contributed by atoms with Crippen LogP contribution in [0.4, 0.5) is 0 Å². The summed E-state index contributed by atoms with van der Waals surface area (Å²) in [5.74, 6) is 0.640. The van der Waals surface area contributed by atoms with Gasteiger partial charge in [0.1, 0.15) is 6.61 Å². The first-order chi connectivity index (χ1) is 17.9. The SMILES string of the molecule is C=C1CCC2C3(C)COC(c4cccs4)OC3CCC2(C)C1CC(Sc1ccccc1)C1=CCOC1=O. The minimum absolute atomic E-state index is 0.0344. The molecule has 2 aromatic rings. The number of allylic oxidation sites excluding steroid dienone is 1. The Kier molecular flexibility index (Phi) is 6.89. The molecule has 37 heavy (non-hydrogen) atoms. The molecule has 196 valence electrons. The lowest BCUT2D eigenvalue weighted by Crippen LogP contribution is -2.60. The highest BCUT2D eigenvalue weighted by molar-refractivity contribution is 8.00. The summed E-state index contributed by atoms with van der Waals surface area (Å²) in [6, 6.07) is 14.6. The van der Waals surface area contributed by atoms with Crippen LogP contribution in [-0.4, -0.2) is 30.5 Å². The molecule has 4 aliphatic rings. The summed E-state index contributed by atoms with van der Waals surface area (Å²) >= 11 is 3.49. The quantitative estimate of drug-likeness (QED) is 0.216. The van der Waals surface area contributed by atoms with Crippen LogP contribution in [0.3, 0.4) is 0 Å². The van der Waals surface area contributed by atoms with Gasteiger partial charge < -0.3 is 14.2 Å². The summed E-state index contributed by atoms with van der Waals surface area (Å²) in [6.45, 7) is 10.6. The molecular weight excluding hydrogens is 500 g/mol. The molecule has 0 N–H and O–H groups in total. The van der Waals surface area contributed by atoms with Gasteiger partial charge in [-0.05, 0) is 79.0 Å². The Labute approximate surface area is 228 Å². The fourth-order valence-electron chi connectivity index (χ4n) is 7.59. The Balaban J connectivity index is 1.27. The highest BCUT2D eigenvalue weighted by Gasteiger charge is 2.60. The standard InChI is InChI=1S/C31H36O4S2/c1-20-11-12-26-30(2,15-13-27-31(26,3)19-34-29(35-27)24-10-7-17-36-24)23(20)18-25(22-14-16-33-28(22)32)37-21-8-5-4-6-9-21/h4-10,14,17,23,25-27,29H,1,11-13,15-16,18-19H2,2-3H3. The number of cyclic esters (lactones) is 1. The van der Waals surface area contributed by atoms with Crippen LogP contribution in [0.5, 0.6) is 0 Å². The van der Waals surface area contributed by atoms with Crippen molar-refractivity contribution in [2.24, 2.45) is 22.7 Å². The first kappa shape index (κ1) is 25.4. The van der Waals surface area contributed by atoms with Crippen molar-refractivity contribution in [3.05, 3.63) is 76.5 Å². The zero-order chi connectivity index (χ0) is 25.6. The molecule has 0 amide bonds. The molecule has 3 heterocycles. The Morgan fingerprint density at radius 3 is 2.70 bits per heavy atom. The van der Waals surface area contributed by atoms with Gasteiger partial charge in [-0.1, -0.05) is 50.3 Å². The van der Waals surface area contributed by atoms with Crippen molar-refractivity contribution in [3.8, 4) is 0 Å². The van der Waals surface area contributed by atoms with E-state index in [0.717, 1.165) is 49.2 Å². The molecular formula is C31H36O4S2. The number of thiophene rings is 1. The van der Waals surface area contributed by atoms with Crippen molar-refractivity contribution in [3.63, 3.8) is 0 Å². The molecule has 6 rings (SSSR count). The smallest absolute Gasteiger partial charge is 0.335 e. The van der Waals surface area contributed by atoms with Crippen molar-refractivity contribution in [2.45, 2.75) is 68.5 Å². The maximum atomic E-state index is 12.7. The van der Waals surface area contributed by atoms with E-state index < -0.39 is 0 Å². The number of hydrogen-bond donors (Lipinski definition) is 0. The van der Waals surface area contributed by atoms with Gasteiger partial charge in [0.15, 0.2) is 6.29 Å². The molecule has 1 aromatic carbocycles. The molecule has 3 fully saturated rings. The molecule has 2 aliphatic heterocycles. The lowest BCUT2D eigenvalue weighted by atomic mass is 9.46. The van der Waals surface area contributed by atoms with Crippen molar-refractivity contribution in [2.75, 3.05) is 13.2 Å². The summed E-state index contributed by atoms with van der Waals surface area (Å²) in [7, 11) is 0. The zero-order valence-electron chi connectivity index (χ0n) is 21.7. The number of carbonyl (C=O) groups is 1. The van der Waals surface area contributed by atoms with E-state index in [1.807, 2.05) is 12.1 Å².